The molecule has 14 nitrogen and oxygen atoms in total. The highest BCUT2D eigenvalue weighted by Crippen LogP contribution is 2.35. The number of amides is 4. The van der Waals surface area contributed by atoms with Crippen molar-refractivity contribution >= 4 is 24.0 Å². The summed E-state index contributed by atoms with van der Waals surface area (Å²) in [7, 11) is 2.54. The third-order valence-corrected chi connectivity index (χ3v) is 10.1. The molecule has 2 aliphatic rings. The van der Waals surface area contributed by atoms with Gasteiger partial charge in [0.2, 0.25) is 0 Å². The Morgan fingerprint density at radius 3 is 1.70 bits per heavy atom. The average Bonchev–Trinajstić information content (AvgIpc) is 4.08. The molecule has 3 aromatic carbocycles. The van der Waals surface area contributed by atoms with Gasteiger partial charge in [0.25, 0.3) is 11.8 Å². The second-order valence-corrected chi connectivity index (χ2v) is 13.5. The lowest BCUT2D eigenvalue weighted by atomic mass is 10.1. The molecule has 0 radical (unpaired) electrons. The molecule has 56 heavy (non-hydrogen) atoms. The lowest BCUT2D eigenvalue weighted by Gasteiger charge is -2.28. The summed E-state index contributed by atoms with van der Waals surface area (Å²) in [5, 5.41) is 5.38. The number of hydrogen-bond acceptors (Lipinski definition) is 8. The molecule has 0 saturated carbocycles. The fourth-order valence-corrected chi connectivity index (χ4v) is 7.28. The van der Waals surface area contributed by atoms with Gasteiger partial charge >= 0.3 is 12.2 Å². The zero-order valence-electron chi connectivity index (χ0n) is 31.0. The minimum Gasteiger partial charge on any atom is -0.453 e. The predicted octanol–water partition coefficient (Wildman–Crippen LogP) is 5.72. The Morgan fingerprint density at radius 2 is 1.18 bits per heavy atom. The zero-order chi connectivity index (χ0) is 39.0. The van der Waals surface area contributed by atoms with Crippen molar-refractivity contribution in [3.8, 4) is 23.1 Å². The maximum absolute atomic E-state index is 13.8. The van der Waals surface area contributed by atoms with Crippen molar-refractivity contribution in [1.29, 1.82) is 0 Å². The monoisotopic (exact) mass is 754 g/mol. The molecule has 2 saturated heterocycles. The van der Waals surface area contributed by atoms with E-state index in [4.69, 9.17) is 9.47 Å². The highest BCUT2D eigenvalue weighted by Gasteiger charge is 2.38. The number of carbonyl (C=O) groups is 4. The third kappa shape index (κ3) is 8.27. The minimum absolute atomic E-state index is 0.229. The van der Waals surface area contributed by atoms with Gasteiger partial charge in [-0.1, -0.05) is 78.7 Å². The van der Waals surface area contributed by atoms with Crippen LogP contribution in [0.25, 0.3) is 11.3 Å². The van der Waals surface area contributed by atoms with Crippen LogP contribution in [-0.4, -0.2) is 81.0 Å². The molecule has 4 heterocycles. The van der Waals surface area contributed by atoms with Crippen LogP contribution in [0.4, 0.5) is 9.59 Å². The first kappa shape index (κ1) is 37.4. The molecule has 0 bridgehead atoms. The Balaban J connectivity index is 1.01. The van der Waals surface area contributed by atoms with Crippen molar-refractivity contribution in [3.63, 3.8) is 0 Å². The van der Waals surface area contributed by atoms with Crippen LogP contribution < -0.4 is 10.6 Å². The van der Waals surface area contributed by atoms with Crippen LogP contribution in [-0.2, 0) is 19.1 Å². The lowest BCUT2D eigenvalue weighted by Crippen LogP contribution is -2.42. The third-order valence-electron chi connectivity index (χ3n) is 10.1. The first-order valence-corrected chi connectivity index (χ1v) is 18.4. The largest absolute Gasteiger partial charge is 0.453 e. The highest BCUT2D eigenvalue weighted by atomic mass is 16.5. The van der Waals surface area contributed by atoms with Gasteiger partial charge in [-0.05, 0) is 60.4 Å². The molecule has 4 atom stereocenters. The van der Waals surface area contributed by atoms with Crippen molar-refractivity contribution < 1.29 is 28.7 Å². The number of imidazole rings is 2. The average molecular weight is 755 g/mol. The van der Waals surface area contributed by atoms with Crippen LogP contribution in [0.5, 0.6) is 0 Å². The number of hydrogen-bond donors (Lipinski definition) is 4. The van der Waals surface area contributed by atoms with Gasteiger partial charge in [-0.3, -0.25) is 9.59 Å². The van der Waals surface area contributed by atoms with Gasteiger partial charge in [0.15, 0.2) is 0 Å². The summed E-state index contributed by atoms with van der Waals surface area (Å²) in [5.74, 6) is 7.17. The summed E-state index contributed by atoms with van der Waals surface area (Å²) in [6, 6.07) is 23.6. The van der Waals surface area contributed by atoms with Crippen LogP contribution in [0, 0.1) is 11.8 Å². The number of carbonyl (C=O) groups excluding carboxylic acids is 4. The molecule has 14 heteroatoms. The van der Waals surface area contributed by atoms with Crippen molar-refractivity contribution in [2.75, 3.05) is 27.3 Å². The fraction of sp³-hybridized carbons (Fsp3) is 0.286. The summed E-state index contributed by atoms with van der Waals surface area (Å²) in [6.07, 6.45) is 5.11. The quantitative estimate of drug-likeness (QED) is 0.138. The van der Waals surface area contributed by atoms with Gasteiger partial charge in [0.05, 0.1) is 44.4 Å². The Bertz CT molecular complexity index is 2230. The summed E-state index contributed by atoms with van der Waals surface area (Å²) < 4.78 is 9.61. The number of benzene rings is 3. The number of ether oxygens (including phenoxy) is 2. The van der Waals surface area contributed by atoms with E-state index in [-0.39, 0.29) is 23.9 Å². The molecular weight excluding hydrogens is 713 g/mol. The number of nitrogens with one attached hydrogen (secondary N) is 4. The Kier molecular flexibility index (Phi) is 11.4. The van der Waals surface area contributed by atoms with Crippen LogP contribution in [0.1, 0.15) is 83.9 Å². The first-order chi connectivity index (χ1) is 27.3. The Labute approximate surface area is 324 Å². The second kappa shape index (κ2) is 17.1. The highest BCUT2D eigenvalue weighted by molar-refractivity contribution is 5.88. The Hall–Kier alpha value is -6.88. The fourth-order valence-electron chi connectivity index (χ4n) is 7.28. The van der Waals surface area contributed by atoms with Crippen molar-refractivity contribution in [2.45, 2.75) is 49.9 Å². The van der Waals surface area contributed by atoms with Gasteiger partial charge < -0.3 is 39.9 Å². The second-order valence-electron chi connectivity index (χ2n) is 13.5. The number of alkyl carbamates (subject to hydrolysis) is 2. The van der Waals surface area contributed by atoms with Gasteiger partial charge in [-0.2, -0.15) is 0 Å². The van der Waals surface area contributed by atoms with Crippen LogP contribution in [0.2, 0.25) is 0 Å². The van der Waals surface area contributed by atoms with Gasteiger partial charge in [0, 0.05) is 18.7 Å². The normalized spacial score (nSPS) is 17.3. The first-order valence-electron chi connectivity index (χ1n) is 18.4. The van der Waals surface area contributed by atoms with E-state index in [1.54, 1.807) is 46.5 Å². The number of H-pyrrole nitrogens is 2. The van der Waals surface area contributed by atoms with Crippen molar-refractivity contribution in [1.82, 2.24) is 40.4 Å². The van der Waals surface area contributed by atoms with Gasteiger partial charge in [0.1, 0.15) is 29.4 Å². The van der Waals surface area contributed by atoms with Gasteiger partial charge in [-0.15, -0.1) is 0 Å². The zero-order valence-corrected chi connectivity index (χ0v) is 31.0. The van der Waals surface area contributed by atoms with Crippen LogP contribution in [0.3, 0.4) is 0 Å². The van der Waals surface area contributed by atoms with E-state index in [0.717, 1.165) is 42.5 Å². The summed E-state index contributed by atoms with van der Waals surface area (Å²) >= 11 is 0. The number of rotatable bonds is 9. The number of aromatic amines is 2. The summed E-state index contributed by atoms with van der Waals surface area (Å²) in [5.41, 5.74) is 4.44. The number of nitrogens with zero attached hydrogens (tertiary/aromatic N) is 4. The Morgan fingerprint density at radius 1 is 0.679 bits per heavy atom. The molecule has 0 spiro atoms. The number of aromatic nitrogens is 4. The molecule has 4 N–H and O–H groups in total. The molecule has 286 valence electrons. The predicted molar refractivity (Wildman–Crippen MR) is 205 cm³/mol. The van der Waals surface area contributed by atoms with E-state index in [0.29, 0.717) is 41.6 Å². The molecule has 7 rings (SSSR count). The standard InChI is InChI=1S/C42H42N8O6/c1-55-41(53)47-35(29-11-5-3-6-12-29)39(51)49-23-9-15-33(49)37-43-25-31(45-37)22-19-27-17-20-28(21-18-27)32-26-44-38(46-32)34-16-10-24-50(34)40(52)36(48-42(54)56-2)30-13-7-4-8-14-30/h3-8,11-14,17-18,20-21,25-26,33-36H,9-10,15-16,23-24H2,1-2H3,(H,43,45)(H,44,46)(H,47,53)(H,48,54). The molecule has 2 aromatic heterocycles. The number of methoxy groups -OCH3 is 2. The minimum atomic E-state index is -0.897. The van der Waals surface area contributed by atoms with E-state index in [1.165, 1.54) is 14.2 Å². The number of likely N-dealkylation sites (tertiary alicyclic amines) is 2. The smallest absolute Gasteiger partial charge is 0.407 e. The molecule has 2 fully saturated rings. The molecular formula is C42H42N8O6. The SMILES string of the molecule is COC(=O)NC(C(=O)N1CCCC1c1ncc(C#Cc2ccc(-c3cnc(C4CCCN4C(=O)C(NC(=O)OC)c4ccccc4)[nH]3)cc2)[nH]1)c1ccccc1. The molecule has 0 aliphatic carbocycles. The van der Waals surface area contributed by atoms with E-state index in [2.05, 4.69) is 42.4 Å². The van der Waals surface area contributed by atoms with E-state index in [1.807, 2.05) is 60.7 Å². The lowest BCUT2D eigenvalue weighted by molar-refractivity contribution is -0.135. The molecule has 5 aromatic rings. The van der Waals surface area contributed by atoms with Gasteiger partial charge in [-0.25, -0.2) is 19.6 Å². The van der Waals surface area contributed by atoms with Crippen LogP contribution in [0.15, 0.2) is 97.3 Å². The van der Waals surface area contributed by atoms with Crippen molar-refractivity contribution in [3.05, 3.63) is 131 Å². The maximum Gasteiger partial charge on any atom is 0.407 e. The molecule has 4 unspecified atom stereocenters. The van der Waals surface area contributed by atoms with Crippen LogP contribution >= 0.6 is 0 Å². The van der Waals surface area contributed by atoms with Crippen molar-refractivity contribution in [2.24, 2.45) is 0 Å². The van der Waals surface area contributed by atoms with E-state index < -0.39 is 24.3 Å². The maximum atomic E-state index is 13.8. The van der Waals surface area contributed by atoms with E-state index >= 15 is 0 Å². The summed E-state index contributed by atoms with van der Waals surface area (Å²) in [4.78, 5) is 71.4. The topological polar surface area (TPSA) is 175 Å². The van der Waals surface area contributed by atoms with E-state index in [9.17, 15) is 19.2 Å². The summed E-state index contributed by atoms with van der Waals surface area (Å²) in [6.45, 7) is 1.07. The molecule has 4 amide bonds. The molecule has 2 aliphatic heterocycles.